The lowest BCUT2D eigenvalue weighted by atomic mass is 9.84. The number of ether oxygens (including phenoxy) is 3. The van der Waals surface area contributed by atoms with Gasteiger partial charge in [0.25, 0.3) is 0 Å². The topological polar surface area (TPSA) is 78.9 Å². The van der Waals surface area contributed by atoms with Crippen molar-refractivity contribution in [2.24, 2.45) is 5.41 Å². The summed E-state index contributed by atoms with van der Waals surface area (Å²) >= 11 is 17.7. The van der Waals surface area contributed by atoms with Gasteiger partial charge in [0.1, 0.15) is 19.8 Å². The fraction of sp³-hybridized carbons (Fsp3) is 0.591. The molecule has 0 aromatic rings. The normalized spacial score (nSPS) is 11.4. The molecule has 0 aliphatic carbocycles. The van der Waals surface area contributed by atoms with Crippen LogP contribution in [0.2, 0.25) is 6.04 Å². The highest BCUT2D eigenvalue weighted by Crippen LogP contribution is 2.30. The van der Waals surface area contributed by atoms with Gasteiger partial charge >= 0.3 is 23.9 Å². The van der Waals surface area contributed by atoms with Gasteiger partial charge in [-0.05, 0) is 33.2 Å². The number of hydrogen-bond donors (Lipinski definition) is 0. The molecule has 0 spiro atoms. The molecule has 0 aliphatic heterocycles. The molecule has 0 amide bonds. The lowest BCUT2D eigenvalue weighted by molar-refractivity contribution is -0.157. The van der Waals surface area contributed by atoms with Gasteiger partial charge in [-0.1, -0.05) is 45.4 Å². The molecular weight excluding hydrogens is 495 g/mol. The van der Waals surface area contributed by atoms with Crippen LogP contribution in [0.5, 0.6) is 0 Å². The van der Waals surface area contributed by atoms with Crippen molar-refractivity contribution in [2.45, 2.75) is 58.9 Å². The monoisotopic (exact) mass is 526 g/mol. The van der Waals surface area contributed by atoms with Crippen molar-refractivity contribution in [2.75, 3.05) is 19.8 Å². The molecule has 0 aliphatic rings. The number of rotatable bonds is 16. The maximum Gasteiger partial charge on any atom is 0.341 e. The van der Waals surface area contributed by atoms with E-state index in [2.05, 4.69) is 19.7 Å². The zero-order chi connectivity index (χ0) is 24.9. The second-order valence-corrected chi connectivity index (χ2v) is 17.4. The van der Waals surface area contributed by atoms with Crippen LogP contribution in [-0.4, -0.2) is 43.7 Å². The second kappa shape index (κ2) is 14.8. The van der Waals surface area contributed by atoms with E-state index in [1.54, 1.807) is 0 Å². The maximum absolute atomic E-state index is 12.0. The van der Waals surface area contributed by atoms with E-state index in [9.17, 15) is 14.4 Å². The van der Waals surface area contributed by atoms with Gasteiger partial charge in [-0.3, -0.25) is 0 Å². The molecular formula is C22H33Cl3O6Si. The lowest BCUT2D eigenvalue weighted by Gasteiger charge is -2.32. The Bertz CT molecular complexity index is 641. The molecule has 0 saturated heterocycles. The van der Waals surface area contributed by atoms with Gasteiger partial charge in [-0.2, -0.15) is 0 Å². The third-order valence-electron chi connectivity index (χ3n) is 4.49. The molecule has 0 aromatic carbocycles. The quantitative estimate of drug-likeness (QED) is 0.0617. The molecule has 32 heavy (non-hydrogen) atoms. The average Bonchev–Trinajstić information content (AvgIpc) is 2.69. The summed E-state index contributed by atoms with van der Waals surface area (Å²) in [7, 11) is 0. The summed E-state index contributed by atoms with van der Waals surface area (Å²) in [5.41, 5.74) is -0.251. The molecule has 6 nitrogen and oxygen atoms in total. The Morgan fingerprint density at radius 2 is 1.03 bits per heavy atom. The van der Waals surface area contributed by atoms with Crippen LogP contribution in [0.1, 0.15) is 52.9 Å². The molecule has 0 bridgehead atoms. The van der Waals surface area contributed by atoms with Gasteiger partial charge in [0, 0.05) is 16.7 Å². The molecule has 10 heteroatoms. The minimum absolute atomic E-state index is 0.118. The number of esters is 3. The fourth-order valence-electron chi connectivity index (χ4n) is 2.55. The van der Waals surface area contributed by atoms with Crippen molar-refractivity contribution in [3.63, 3.8) is 0 Å². The Hall–Kier alpha value is -1.28. The van der Waals surface area contributed by atoms with Gasteiger partial charge in [-0.15, -0.1) is 33.2 Å². The van der Waals surface area contributed by atoms with Crippen molar-refractivity contribution < 1.29 is 28.6 Å². The first kappa shape index (κ1) is 30.7. The van der Waals surface area contributed by atoms with Crippen LogP contribution in [0.15, 0.2) is 36.5 Å². The van der Waals surface area contributed by atoms with Gasteiger partial charge in [0.2, 0.25) is 0 Å². The highest BCUT2D eigenvalue weighted by molar-refractivity contribution is 7.64. The molecule has 0 rings (SSSR count). The van der Waals surface area contributed by atoms with E-state index in [1.165, 1.54) is 20.8 Å². The van der Waals surface area contributed by atoms with E-state index >= 15 is 0 Å². The predicted molar refractivity (Wildman–Crippen MR) is 131 cm³/mol. The van der Waals surface area contributed by atoms with Crippen LogP contribution < -0.4 is 0 Å². The van der Waals surface area contributed by atoms with E-state index in [4.69, 9.17) is 47.4 Å². The number of unbranched alkanes of at least 4 members (excludes halogenated alkanes) is 3. The summed E-state index contributed by atoms with van der Waals surface area (Å²) in [4.78, 5) is 36.0. The van der Waals surface area contributed by atoms with Crippen LogP contribution in [-0.2, 0) is 28.6 Å². The predicted octanol–water partition coefficient (Wildman–Crippen LogP) is 5.94. The minimum Gasteiger partial charge on any atom is -0.461 e. The van der Waals surface area contributed by atoms with Gasteiger partial charge in [0.05, 0.1) is 5.41 Å². The summed E-state index contributed by atoms with van der Waals surface area (Å²) in [5, 5.41) is 0. The molecule has 0 N–H and O–H groups in total. The van der Waals surface area contributed by atoms with Crippen molar-refractivity contribution in [1.82, 2.24) is 0 Å². The summed E-state index contributed by atoms with van der Waals surface area (Å²) < 4.78 is 16.1. The first-order chi connectivity index (χ1) is 14.7. The van der Waals surface area contributed by atoms with Crippen LogP contribution in [0.3, 0.4) is 0 Å². The third kappa shape index (κ3) is 14.0. The first-order valence-electron chi connectivity index (χ1n) is 10.2. The van der Waals surface area contributed by atoms with Gasteiger partial charge < -0.3 is 14.2 Å². The van der Waals surface area contributed by atoms with Crippen LogP contribution in [0.4, 0.5) is 0 Å². The molecule has 0 aromatic heterocycles. The standard InChI is InChI=1S/C22H33Cl3O6Si/c1-16(2)19(26)29-13-22(14-30-20(27)17(3)4,15-31-21(28)18(5)6)11-9-7-8-10-12-32(23,24)25/h1,3,5,7-15H2,2,4,6H3. The molecule has 0 heterocycles. The molecule has 0 atom stereocenters. The van der Waals surface area contributed by atoms with Crippen LogP contribution >= 0.6 is 33.2 Å². The van der Waals surface area contributed by atoms with Crippen molar-refractivity contribution in [3.05, 3.63) is 36.5 Å². The molecule has 0 radical (unpaired) electrons. The lowest BCUT2D eigenvalue weighted by Crippen LogP contribution is -2.40. The van der Waals surface area contributed by atoms with E-state index in [0.717, 1.165) is 19.3 Å². The highest BCUT2D eigenvalue weighted by Gasteiger charge is 2.36. The number of carbonyl (C=O) groups excluding carboxylic acids is 3. The Morgan fingerprint density at radius 1 is 0.688 bits per heavy atom. The number of halogens is 3. The zero-order valence-corrected chi connectivity index (χ0v) is 22.3. The SMILES string of the molecule is C=C(C)C(=O)OCC(CCCCCC[Si](Cl)(Cl)Cl)(COC(=O)C(=C)C)COC(=O)C(=C)C. The van der Waals surface area contributed by atoms with E-state index in [0.29, 0.717) is 18.9 Å². The number of carbonyl (C=O) groups is 3. The summed E-state index contributed by atoms with van der Waals surface area (Å²) in [5.74, 6) is -1.75. The Morgan fingerprint density at radius 3 is 1.34 bits per heavy atom. The number of hydrogen-bond acceptors (Lipinski definition) is 6. The van der Waals surface area contributed by atoms with Crippen molar-refractivity contribution >= 4 is 57.1 Å². The Labute approximate surface area is 206 Å². The largest absolute Gasteiger partial charge is 0.461 e. The zero-order valence-electron chi connectivity index (χ0n) is 19.1. The van der Waals surface area contributed by atoms with E-state index in [-0.39, 0.29) is 36.5 Å². The summed E-state index contributed by atoms with van der Waals surface area (Å²) in [6.07, 6.45) is 3.61. The van der Waals surface area contributed by atoms with Gasteiger partial charge in [-0.25, -0.2) is 14.4 Å². The van der Waals surface area contributed by atoms with Crippen molar-refractivity contribution in [3.8, 4) is 0 Å². The smallest absolute Gasteiger partial charge is 0.341 e. The molecule has 0 saturated carbocycles. The van der Waals surface area contributed by atoms with Crippen molar-refractivity contribution in [1.29, 1.82) is 0 Å². The summed E-state index contributed by atoms with van der Waals surface area (Å²) in [6, 6.07) is -2.07. The van der Waals surface area contributed by atoms with Gasteiger partial charge in [0.15, 0.2) is 0 Å². The molecule has 0 fully saturated rings. The van der Waals surface area contributed by atoms with Crippen LogP contribution in [0.25, 0.3) is 0 Å². The Balaban J connectivity index is 5.36. The van der Waals surface area contributed by atoms with E-state index in [1.807, 2.05) is 0 Å². The van der Waals surface area contributed by atoms with Crippen LogP contribution in [0, 0.1) is 5.41 Å². The Kier molecular flexibility index (Phi) is 14.2. The molecule has 0 unspecified atom stereocenters. The average molecular weight is 528 g/mol. The molecule has 182 valence electrons. The fourth-order valence-corrected chi connectivity index (χ4v) is 4.40. The maximum atomic E-state index is 12.0. The first-order valence-corrected chi connectivity index (χ1v) is 15.5. The second-order valence-electron chi connectivity index (χ2n) is 8.10. The summed E-state index contributed by atoms with van der Waals surface area (Å²) in [6.45, 7) is 14.9. The van der Waals surface area contributed by atoms with E-state index < -0.39 is 29.3 Å². The minimum atomic E-state index is -2.64. The highest BCUT2D eigenvalue weighted by atomic mass is 35.8. The third-order valence-corrected chi connectivity index (χ3v) is 7.11.